The summed E-state index contributed by atoms with van der Waals surface area (Å²) < 4.78 is 0. The lowest BCUT2D eigenvalue weighted by molar-refractivity contribution is 0.248. The van der Waals surface area contributed by atoms with Crippen molar-refractivity contribution in [3.63, 3.8) is 0 Å². The highest BCUT2D eigenvalue weighted by Crippen LogP contribution is 2.22. The van der Waals surface area contributed by atoms with Crippen molar-refractivity contribution in [1.29, 1.82) is 0 Å². The summed E-state index contributed by atoms with van der Waals surface area (Å²) in [4.78, 5) is 2.50. The molecule has 0 aromatic heterocycles. The van der Waals surface area contributed by atoms with Crippen molar-refractivity contribution in [2.45, 2.75) is 38.1 Å². The van der Waals surface area contributed by atoms with E-state index in [0.717, 1.165) is 24.7 Å². The summed E-state index contributed by atoms with van der Waals surface area (Å²) in [5.74, 6) is 0. The third-order valence-electron chi connectivity index (χ3n) is 3.74. The molecule has 1 saturated carbocycles. The van der Waals surface area contributed by atoms with Crippen LogP contribution >= 0.6 is 0 Å². The molecule has 2 N–H and O–H groups in total. The summed E-state index contributed by atoms with van der Waals surface area (Å²) in [6, 6.07) is 9.01. The minimum atomic E-state index is 0.810. The van der Waals surface area contributed by atoms with Crippen molar-refractivity contribution in [3.8, 4) is 0 Å². The highest BCUT2D eigenvalue weighted by atomic mass is 15.1. The summed E-state index contributed by atoms with van der Waals surface area (Å²) in [6.45, 7) is 1.12. The topological polar surface area (TPSA) is 29.3 Å². The average molecular weight is 218 g/mol. The number of likely N-dealkylation sites (N-methyl/N-ethyl adjacent to an activating group) is 1. The van der Waals surface area contributed by atoms with Gasteiger partial charge in [-0.15, -0.1) is 0 Å². The molecule has 0 atom stereocenters. The van der Waals surface area contributed by atoms with Crippen molar-refractivity contribution in [2.75, 3.05) is 19.3 Å². The number of hydrogen-bond acceptors (Lipinski definition) is 2. The van der Waals surface area contributed by atoms with Gasteiger partial charge in [-0.3, -0.25) is 0 Å². The number of nitrogens with zero attached hydrogens (tertiary/aromatic N) is 1. The summed E-state index contributed by atoms with van der Waals surface area (Å²) in [6.07, 6.45) is 6.63. The number of hydrogen-bond donors (Lipinski definition) is 1. The smallest absolute Gasteiger partial charge is 0.0347 e. The Morgan fingerprint density at radius 2 is 1.94 bits per heavy atom. The second kappa shape index (κ2) is 5.35. The molecule has 2 nitrogen and oxygen atoms in total. The molecule has 1 fully saturated rings. The molecule has 0 amide bonds. The van der Waals surface area contributed by atoms with Gasteiger partial charge in [0.1, 0.15) is 0 Å². The molecular weight excluding hydrogens is 196 g/mol. The second-order valence-corrected chi connectivity index (χ2v) is 4.87. The Balaban J connectivity index is 1.84. The highest BCUT2D eigenvalue weighted by molar-refractivity contribution is 5.46. The molecule has 1 aromatic carbocycles. The van der Waals surface area contributed by atoms with Crippen LogP contribution in [-0.4, -0.2) is 24.5 Å². The Morgan fingerprint density at radius 1 is 1.25 bits per heavy atom. The van der Waals surface area contributed by atoms with Crippen LogP contribution in [0.3, 0.4) is 0 Å². The first-order valence-corrected chi connectivity index (χ1v) is 6.31. The van der Waals surface area contributed by atoms with E-state index in [1.54, 1.807) is 0 Å². The molecule has 0 bridgehead atoms. The average Bonchev–Trinajstić information content (AvgIpc) is 2.81. The molecule has 16 heavy (non-hydrogen) atoms. The fraction of sp³-hybridized carbons (Fsp3) is 0.571. The van der Waals surface area contributed by atoms with Crippen molar-refractivity contribution in [3.05, 3.63) is 29.8 Å². The molecule has 0 radical (unpaired) electrons. The minimum absolute atomic E-state index is 0.810. The van der Waals surface area contributed by atoms with Crippen LogP contribution in [0.1, 0.15) is 31.2 Å². The predicted octanol–water partition coefficient (Wildman–Crippen LogP) is 2.69. The standard InChI is InChI=1S/C14H22N2/c1-16(13-7-3-4-8-13)11-10-12-6-2-5-9-14(12)15/h2,5-6,9,13H,3-4,7-8,10-11,15H2,1H3. The monoisotopic (exact) mass is 218 g/mol. The third kappa shape index (κ3) is 2.76. The number of nitrogen functional groups attached to an aromatic ring is 1. The molecule has 1 aliphatic carbocycles. The van der Waals surface area contributed by atoms with E-state index in [2.05, 4.69) is 24.1 Å². The van der Waals surface area contributed by atoms with E-state index in [4.69, 9.17) is 5.73 Å². The van der Waals surface area contributed by atoms with Gasteiger partial charge in [-0.25, -0.2) is 0 Å². The second-order valence-electron chi connectivity index (χ2n) is 4.87. The van der Waals surface area contributed by atoms with Gasteiger partial charge in [0.25, 0.3) is 0 Å². The molecule has 0 unspecified atom stereocenters. The summed E-state index contributed by atoms with van der Waals surface area (Å²) in [7, 11) is 2.25. The molecule has 2 heteroatoms. The van der Waals surface area contributed by atoms with Crippen LogP contribution in [0.5, 0.6) is 0 Å². The molecule has 1 aromatic rings. The van der Waals surface area contributed by atoms with E-state index in [1.807, 2.05) is 12.1 Å². The highest BCUT2D eigenvalue weighted by Gasteiger charge is 2.18. The van der Waals surface area contributed by atoms with Crippen LogP contribution < -0.4 is 5.73 Å². The van der Waals surface area contributed by atoms with E-state index in [0.29, 0.717) is 0 Å². The van der Waals surface area contributed by atoms with Crippen LogP contribution in [-0.2, 0) is 6.42 Å². The summed E-state index contributed by atoms with van der Waals surface area (Å²) in [5.41, 5.74) is 8.16. The molecule has 2 rings (SSSR count). The van der Waals surface area contributed by atoms with E-state index in [9.17, 15) is 0 Å². The van der Waals surface area contributed by atoms with Gasteiger partial charge in [0.2, 0.25) is 0 Å². The lowest BCUT2D eigenvalue weighted by Crippen LogP contribution is -2.31. The number of benzene rings is 1. The zero-order valence-corrected chi connectivity index (χ0v) is 10.2. The normalized spacial score (nSPS) is 17.1. The van der Waals surface area contributed by atoms with Gasteiger partial charge in [-0.05, 0) is 37.9 Å². The van der Waals surface area contributed by atoms with Crippen LogP contribution in [0.25, 0.3) is 0 Å². The fourth-order valence-electron chi connectivity index (χ4n) is 2.59. The van der Waals surface area contributed by atoms with Crippen molar-refractivity contribution in [2.24, 2.45) is 0 Å². The van der Waals surface area contributed by atoms with E-state index >= 15 is 0 Å². The van der Waals surface area contributed by atoms with Gasteiger partial charge >= 0.3 is 0 Å². The van der Waals surface area contributed by atoms with E-state index in [-0.39, 0.29) is 0 Å². The maximum atomic E-state index is 5.94. The Morgan fingerprint density at radius 3 is 2.62 bits per heavy atom. The maximum absolute atomic E-state index is 5.94. The van der Waals surface area contributed by atoms with E-state index < -0.39 is 0 Å². The first-order chi connectivity index (χ1) is 7.77. The van der Waals surface area contributed by atoms with Gasteiger partial charge < -0.3 is 10.6 Å². The first kappa shape index (κ1) is 11.5. The molecular formula is C14H22N2. The fourth-order valence-corrected chi connectivity index (χ4v) is 2.59. The molecule has 88 valence electrons. The van der Waals surface area contributed by atoms with Gasteiger partial charge in [0.15, 0.2) is 0 Å². The zero-order chi connectivity index (χ0) is 11.4. The Bertz CT molecular complexity index is 329. The van der Waals surface area contributed by atoms with Gasteiger partial charge in [0.05, 0.1) is 0 Å². The zero-order valence-electron chi connectivity index (χ0n) is 10.2. The lowest BCUT2D eigenvalue weighted by atomic mass is 10.1. The van der Waals surface area contributed by atoms with Crippen LogP contribution in [0, 0.1) is 0 Å². The van der Waals surface area contributed by atoms with Crippen LogP contribution in [0.15, 0.2) is 24.3 Å². The van der Waals surface area contributed by atoms with Crippen molar-refractivity contribution in [1.82, 2.24) is 4.90 Å². The largest absolute Gasteiger partial charge is 0.399 e. The Labute approximate surface area is 98.4 Å². The third-order valence-corrected chi connectivity index (χ3v) is 3.74. The Hall–Kier alpha value is -1.02. The molecule has 0 spiro atoms. The first-order valence-electron chi connectivity index (χ1n) is 6.31. The van der Waals surface area contributed by atoms with Crippen LogP contribution in [0.4, 0.5) is 5.69 Å². The number of anilines is 1. The number of para-hydroxylation sites is 1. The summed E-state index contributed by atoms with van der Waals surface area (Å²) in [5, 5.41) is 0. The van der Waals surface area contributed by atoms with Gasteiger partial charge in [-0.2, -0.15) is 0 Å². The number of rotatable bonds is 4. The van der Waals surface area contributed by atoms with E-state index in [1.165, 1.54) is 31.2 Å². The number of nitrogens with two attached hydrogens (primary N) is 1. The SMILES string of the molecule is CN(CCc1ccccc1N)C1CCCC1. The van der Waals surface area contributed by atoms with Gasteiger partial charge in [0, 0.05) is 18.3 Å². The molecule has 1 aliphatic rings. The maximum Gasteiger partial charge on any atom is 0.0347 e. The minimum Gasteiger partial charge on any atom is -0.399 e. The van der Waals surface area contributed by atoms with Gasteiger partial charge in [-0.1, -0.05) is 31.0 Å². The lowest BCUT2D eigenvalue weighted by Gasteiger charge is -2.24. The van der Waals surface area contributed by atoms with Crippen LogP contribution in [0.2, 0.25) is 0 Å². The molecule has 0 heterocycles. The van der Waals surface area contributed by atoms with Crippen molar-refractivity contribution >= 4 is 5.69 Å². The summed E-state index contributed by atoms with van der Waals surface area (Å²) >= 11 is 0. The Kier molecular flexibility index (Phi) is 3.83. The predicted molar refractivity (Wildman–Crippen MR) is 69.4 cm³/mol. The molecule has 0 saturated heterocycles. The molecule has 0 aliphatic heterocycles. The quantitative estimate of drug-likeness (QED) is 0.787. The van der Waals surface area contributed by atoms with Crippen molar-refractivity contribution < 1.29 is 0 Å².